The second-order valence-electron chi connectivity index (χ2n) is 6.91. The molecule has 0 saturated heterocycles. The van der Waals surface area contributed by atoms with Gasteiger partial charge in [0, 0.05) is 36.8 Å². The van der Waals surface area contributed by atoms with Gasteiger partial charge in [0.05, 0.1) is 17.9 Å². The Kier molecular flexibility index (Phi) is 6.33. The van der Waals surface area contributed by atoms with Crippen LogP contribution < -0.4 is 9.86 Å². The van der Waals surface area contributed by atoms with E-state index in [9.17, 15) is 13.2 Å². The highest BCUT2D eigenvalue weighted by molar-refractivity contribution is 7.90. The van der Waals surface area contributed by atoms with Crippen LogP contribution in [0, 0.1) is 6.92 Å². The Hall–Kier alpha value is -2.26. The largest absolute Gasteiger partial charge is 0.304 e. The van der Waals surface area contributed by atoms with Gasteiger partial charge in [-0.1, -0.05) is 47.5 Å². The summed E-state index contributed by atoms with van der Waals surface area (Å²) >= 11 is 12.6. The van der Waals surface area contributed by atoms with Crippen molar-refractivity contribution in [3.8, 4) is 5.69 Å². The number of hydrogen-bond acceptors (Lipinski definition) is 3. The van der Waals surface area contributed by atoms with Gasteiger partial charge in [0.1, 0.15) is 5.69 Å². The van der Waals surface area contributed by atoms with E-state index in [4.69, 9.17) is 23.2 Å². The summed E-state index contributed by atoms with van der Waals surface area (Å²) in [5.74, 6) is 0. The van der Waals surface area contributed by atoms with Crippen molar-refractivity contribution in [1.82, 2.24) is 13.7 Å². The lowest BCUT2D eigenvalue weighted by Crippen LogP contribution is -2.42. The Morgan fingerprint density at radius 2 is 1.53 bits per heavy atom. The lowest BCUT2D eigenvalue weighted by molar-refractivity contribution is 0.514. The Morgan fingerprint density at radius 1 is 0.967 bits per heavy atom. The molecule has 1 aromatic heterocycles. The highest BCUT2D eigenvalue weighted by Gasteiger charge is 2.33. The topological polar surface area (TPSA) is 67.6 Å². The van der Waals surface area contributed by atoms with Gasteiger partial charge in [-0.3, -0.25) is 9.48 Å². The molecular formula is C20H22Cl2N4O3S. The van der Waals surface area contributed by atoms with Crippen LogP contribution in [0.4, 0.5) is 5.69 Å². The first kappa shape index (κ1) is 22.4. The third kappa shape index (κ3) is 3.88. The number of rotatable bonds is 6. The van der Waals surface area contributed by atoms with Gasteiger partial charge in [-0.25, -0.2) is 8.99 Å². The molecule has 0 bridgehead atoms. The fraction of sp³-hybridized carbons (Fsp3) is 0.250. The van der Waals surface area contributed by atoms with E-state index in [1.807, 2.05) is 18.2 Å². The number of anilines is 1. The predicted octanol–water partition coefficient (Wildman–Crippen LogP) is 3.60. The summed E-state index contributed by atoms with van der Waals surface area (Å²) in [5, 5.41) is 0.636. The number of halogens is 2. The van der Waals surface area contributed by atoms with Gasteiger partial charge in [-0.2, -0.15) is 12.7 Å². The summed E-state index contributed by atoms with van der Waals surface area (Å²) in [4.78, 5) is 13.4. The molecule has 10 heteroatoms. The van der Waals surface area contributed by atoms with Crippen molar-refractivity contribution in [2.45, 2.75) is 13.5 Å². The molecule has 0 atom stereocenters. The highest BCUT2D eigenvalue weighted by Crippen LogP contribution is 2.30. The molecule has 7 nitrogen and oxygen atoms in total. The molecule has 3 rings (SSSR count). The van der Waals surface area contributed by atoms with Crippen LogP contribution >= 0.6 is 23.2 Å². The van der Waals surface area contributed by atoms with Crippen molar-refractivity contribution in [2.75, 3.05) is 18.4 Å². The Balaban J connectivity index is 2.27. The maximum atomic E-state index is 13.4. The second-order valence-corrected chi connectivity index (χ2v) is 9.79. The van der Waals surface area contributed by atoms with Crippen LogP contribution in [0.3, 0.4) is 0 Å². The molecule has 160 valence electrons. The monoisotopic (exact) mass is 468 g/mol. The van der Waals surface area contributed by atoms with Crippen LogP contribution in [0.1, 0.15) is 11.3 Å². The smallest absolute Gasteiger partial charge is 0.283 e. The van der Waals surface area contributed by atoms with Gasteiger partial charge in [-0.15, -0.1) is 0 Å². The van der Waals surface area contributed by atoms with Gasteiger partial charge in [0.2, 0.25) is 0 Å². The fourth-order valence-corrected chi connectivity index (χ4v) is 4.79. The zero-order chi connectivity index (χ0) is 22.2. The van der Waals surface area contributed by atoms with E-state index in [1.54, 1.807) is 49.0 Å². The first-order valence-corrected chi connectivity index (χ1v) is 11.2. The fourth-order valence-electron chi connectivity index (χ4n) is 3.14. The molecule has 0 aliphatic carbocycles. The third-order valence-electron chi connectivity index (χ3n) is 4.88. The van der Waals surface area contributed by atoms with Crippen LogP contribution in [0.5, 0.6) is 0 Å². The van der Waals surface area contributed by atoms with E-state index < -0.39 is 15.8 Å². The molecular weight excluding hydrogens is 447 g/mol. The number of aromatic nitrogens is 2. The summed E-state index contributed by atoms with van der Waals surface area (Å²) in [6, 6.07) is 13.9. The van der Waals surface area contributed by atoms with Crippen molar-refractivity contribution >= 4 is 39.1 Å². The average molecular weight is 469 g/mol. The maximum Gasteiger partial charge on any atom is 0.304 e. The molecule has 0 fully saturated rings. The van der Waals surface area contributed by atoms with Gasteiger partial charge in [0.25, 0.3) is 5.56 Å². The average Bonchev–Trinajstić information content (AvgIpc) is 2.91. The van der Waals surface area contributed by atoms with E-state index in [0.29, 0.717) is 27.0 Å². The molecule has 0 unspecified atom stereocenters. The number of benzene rings is 2. The van der Waals surface area contributed by atoms with Gasteiger partial charge in [-0.05, 0) is 31.2 Å². The van der Waals surface area contributed by atoms with Gasteiger partial charge < -0.3 is 0 Å². The summed E-state index contributed by atoms with van der Waals surface area (Å²) in [7, 11) is 0.487. The normalized spacial score (nSPS) is 11.8. The van der Waals surface area contributed by atoms with Crippen molar-refractivity contribution in [3.05, 3.63) is 80.2 Å². The number of hydrogen-bond donors (Lipinski definition) is 0. The van der Waals surface area contributed by atoms with Crippen LogP contribution in [-0.2, 0) is 23.8 Å². The number of para-hydroxylation sites is 1. The molecule has 3 aromatic rings. The van der Waals surface area contributed by atoms with Crippen molar-refractivity contribution in [1.29, 1.82) is 0 Å². The highest BCUT2D eigenvalue weighted by atomic mass is 35.5. The summed E-state index contributed by atoms with van der Waals surface area (Å²) in [6.45, 7) is 1.51. The Morgan fingerprint density at radius 3 is 2.07 bits per heavy atom. The molecule has 0 saturated carbocycles. The van der Waals surface area contributed by atoms with E-state index in [0.717, 1.165) is 8.61 Å². The quantitative estimate of drug-likeness (QED) is 0.554. The van der Waals surface area contributed by atoms with E-state index >= 15 is 0 Å². The molecule has 0 aliphatic heterocycles. The standard InChI is InChI=1S/C20H22Cl2N4O3S/c1-14-19(20(27)26(24(14)4)15-9-6-5-7-10-15)25(30(28,29)23(2)3)13-16-17(21)11-8-12-18(16)22/h5-12H,13H2,1-4H3. The van der Waals surface area contributed by atoms with Crippen LogP contribution in [0.2, 0.25) is 10.0 Å². The molecule has 0 N–H and O–H groups in total. The summed E-state index contributed by atoms with van der Waals surface area (Å²) in [5.41, 5.74) is 1.09. The van der Waals surface area contributed by atoms with E-state index in [-0.39, 0.29) is 12.2 Å². The molecule has 2 aromatic carbocycles. The second kappa shape index (κ2) is 8.47. The Labute approximate surface area is 185 Å². The molecule has 30 heavy (non-hydrogen) atoms. The summed E-state index contributed by atoms with van der Waals surface area (Å²) in [6.07, 6.45) is 0. The first-order chi connectivity index (χ1) is 14.1. The van der Waals surface area contributed by atoms with Gasteiger partial charge in [0.15, 0.2) is 0 Å². The first-order valence-electron chi connectivity index (χ1n) is 9.04. The predicted molar refractivity (Wildman–Crippen MR) is 121 cm³/mol. The third-order valence-corrected chi connectivity index (χ3v) is 7.38. The van der Waals surface area contributed by atoms with E-state index in [1.165, 1.54) is 18.8 Å². The lowest BCUT2D eigenvalue weighted by atomic mass is 10.2. The minimum atomic E-state index is -4.03. The lowest BCUT2D eigenvalue weighted by Gasteiger charge is -2.27. The molecule has 0 amide bonds. The molecule has 0 spiro atoms. The maximum absolute atomic E-state index is 13.4. The zero-order valence-electron chi connectivity index (χ0n) is 17.0. The van der Waals surface area contributed by atoms with Crippen LogP contribution in [0.25, 0.3) is 5.69 Å². The van der Waals surface area contributed by atoms with Gasteiger partial charge >= 0.3 is 10.2 Å². The van der Waals surface area contributed by atoms with E-state index in [2.05, 4.69) is 0 Å². The van der Waals surface area contributed by atoms with Crippen molar-refractivity contribution < 1.29 is 8.42 Å². The molecule has 0 radical (unpaired) electrons. The SMILES string of the molecule is Cc1c(N(Cc2c(Cl)cccc2Cl)S(=O)(=O)N(C)C)c(=O)n(-c2ccccc2)n1C. The van der Waals surface area contributed by atoms with Crippen LogP contribution in [0.15, 0.2) is 53.3 Å². The molecule has 1 heterocycles. The molecule has 0 aliphatic rings. The Bertz CT molecular complexity index is 1210. The number of nitrogens with zero attached hydrogens (tertiary/aromatic N) is 4. The minimum absolute atomic E-state index is 0.0334. The summed E-state index contributed by atoms with van der Waals surface area (Å²) < 4.78 is 31.6. The van der Waals surface area contributed by atoms with Crippen molar-refractivity contribution in [3.63, 3.8) is 0 Å². The zero-order valence-corrected chi connectivity index (χ0v) is 19.3. The van der Waals surface area contributed by atoms with Crippen molar-refractivity contribution in [2.24, 2.45) is 7.05 Å². The van der Waals surface area contributed by atoms with Crippen LogP contribution in [-0.4, -0.2) is 36.2 Å². The minimum Gasteiger partial charge on any atom is -0.283 e.